The molecule has 0 bridgehead atoms. The van der Waals surface area contributed by atoms with Gasteiger partial charge in [0.1, 0.15) is 0 Å². The molecule has 0 rings (SSSR count). The summed E-state index contributed by atoms with van der Waals surface area (Å²) in [6.07, 6.45) is -5.71. The van der Waals surface area contributed by atoms with Crippen molar-refractivity contribution in [2.75, 3.05) is 13.1 Å². The van der Waals surface area contributed by atoms with Crippen molar-refractivity contribution < 1.29 is 31.9 Å². The van der Waals surface area contributed by atoms with Gasteiger partial charge in [-0.25, -0.2) is 4.79 Å². The van der Waals surface area contributed by atoms with Gasteiger partial charge in [0.15, 0.2) is 0 Å². The summed E-state index contributed by atoms with van der Waals surface area (Å²) in [5.74, 6) is -6.40. The fourth-order valence-electron chi connectivity index (χ4n) is 0.551. The topological polar surface area (TPSA) is 49.3 Å². The molecule has 0 aliphatic rings. The van der Waals surface area contributed by atoms with E-state index in [2.05, 4.69) is 0 Å². The lowest BCUT2D eigenvalue weighted by Gasteiger charge is -2.12. The first-order chi connectivity index (χ1) is 6.15. The monoisotopic (exact) mass is 221 g/mol. The number of carboxylic acid groups (broad SMARTS) is 1. The zero-order valence-corrected chi connectivity index (χ0v) is 6.87. The molecule has 0 saturated heterocycles. The second-order valence-electron chi connectivity index (χ2n) is 2.55. The first-order valence-electron chi connectivity index (χ1n) is 3.54. The molecular weight excluding hydrogens is 213 g/mol. The van der Waals surface area contributed by atoms with Gasteiger partial charge in [-0.2, -0.15) is 22.0 Å². The fourth-order valence-corrected chi connectivity index (χ4v) is 0.551. The number of hydrogen-bond acceptors (Lipinski definition) is 2. The third-order valence-electron chi connectivity index (χ3n) is 1.25. The molecule has 0 amide bonds. The van der Waals surface area contributed by atoms with Crippen LogP contribution in [0.3, 0.4) is 0 Å². The summed E-state index contributed by atoms with van der Waals surface area (Å²) in [6, 6.07) is 0. The first kappa shape index (κ1) is 13.1. The summed E-state index contributed by atoms with van der Waals surface area (Å²) in [6.45, 7) is -2.04. The minimum absolute atomic E-state index is 0.730. The molecule has 0 aliphatic heterocycles. The van der Waals surface area contributed by atoms with Crippen molar-refractivity contribution in [2.24, 2.45) is 0 Å². The smallest absolute Gasteiger partial charge is 0.390 e. The molecule has 0 heterocycles. The van der Waals surface area contributed by atoms with Gasteiger partial charge >= 0.3 is 18.1 Å². The standard InChI is InChI=1S/C6H8F5NO2/c7-5(8,4(13)14)3-12-2-1-6(9,10)11/h12H,1-3H2,(H,13,14). The Morgan fingerprint density at radius 2 is 1.71 bits per heavy atom. The van der Waals surface area contributed by atoms with Gasteiger partial charge in [-0.1, -0.05) is 0 Å². The lowest BCUT2D eigenvalue weighted by Crippen LogP contribution is -2.40. The lowest BCUT2D eigenvalue weighted by molar-refractivity contribution is -0.164. The van der Waals surface area contributed by atoms with Crippen molar-refractivity contribution in [3.05, 3.63) is 0 Å². The van der Waals surface area contributed by atoms with Crippen LogP contribution in [0.2, 0.25) is 0 Å². The summed E-state index contributed by atoms with van der Waals surface area (Å²) >= 11 is 0. The van der Waals surface area contributed by atoms with Crippen molar-refractivity contribution in [3.8, 4) is 0 Å². The van der Waals surface area contributed by atoms with Crippen LogP contribution in [0.5, 0.6) is 0 Å². The maximum absolute atomic E-state index is 12.2. The molecule has 0 unspecified atom stereocenters. The van der Waals surface area contributed by atoms with Crippen molar-refractivity contribution in [1.82, 2.24) is 5.32 Å². The molecule has 84 valence electrons. The maximum Gasteiger partial charge on any atom is 0.390 e. The Balaban J connectivity index is 3.70. The van der Waals surface area contributed by atoms with Crippen LogP contribution in [-0.2, 0) is 4.79 Å². The Morgan fingerprint density at radius 3 is 2.07 bits per heavy atom. The highest BCUT2D eigenvalue weighted by atomic mass is 19.4. The second kappa shape index (κ2) is 4.54. The summed E-state index contributed by atoms with van der Waals surface area (Å²) < 4.78 is 58.9. The van der Waals surface area contributed by atoms with Crippen molar-refractivity contribution in [2.45, 2.75) is 18.5 Å². The highest BCUT2D eigenvalue weighted by molar-refractivity contribution is 5.75. The van der Waals surface area contributed by atoms with E-state index in [-0.39, 0.29) is 0 Å². The Hall–Kier alpha value is -0.920. The van der Waals surface area contributed by atoms with Crippen molar-refractivity contribution >= 4 is 5.97 Å². The van der Waals surface area contributed by atoms with E-state index in [1.807, 2.05) is 0 Å². The van der Waals surface area contributed by atoms with Crippen LogP contribution in [-0.4, -0.2) is 36.3 Å². The molecule has 0 radical (unpaired) electrons. The van der Waals surface area contributed by atoms with Gasteiger partial charge in [-0.3, -0.25) is 0 Å². The third kappa shape index (κ3) is 5.68. The zero-order chi connectivity index (χ0) is 11.4. The molecule has 0 aromatic rings. The largest absolute Gasteiger partial charge is 0.477 e. The van der Waals surface area contributed by atoms with Crippen molar-refractivity contribution in [1.29, 1.82) is 0 Å². The van der Waals surface area contributed by atoms with Gasteiger partial charge in [-0.15, -0.1) is 0 Å². The molecule has 0 atom stereocenters. The fraction of sp³-hybridized carbons (Fsp3) is 0.833. The lowest BCUT2D eigenvalue weighted by atomic mass is 10.3. The third-order valence-corrected chi connectivity index (χ3v) is 1.25. The van der Waals surface area contributed by atoms with E-state index in [0.717, 1.165) is 0 Å². The Kier molecular flexibility index (Phi) is 4.24. The predicted octanol–water partition coefficient (Wildman–Crippen LogP) is 1.25. The number of carbonyl (C=O) groups is 1. The van der Waals surface area contributed by atoms with Crippen LogP contribution >= 0.6 is 0 Å². The van der Waals surface area contributed by atoms with Crippen LogP contribution in [0, 0.1) is 0 Å². The predicted molar refractivity (Wildman–Crippen MR) is 36.1 cm³/mol. The van der Waals surface area contributed by atoms with E-state index in [9.17, 15) is 26.7 Å². The van der Waals surface area contributed by atoms with Crippen molar-refractivity contribution in [3.63, 3.8) is 0 Å². The SMILES string of the molecule is O=C(O)C(F)(F)CNCCC(F)(F)F. The number of carboxylic acids is 1. The molecule has 0 aromatic carbocycles. The van der Waals surface area contributed by atoms with E-state index in [1.165, 1.54) is 0 Å². The number of aliphatic carboxylic acids is 1. The minimum atomic E-state index is -4.44. The average molecular weight is 221 g/mol. The minimum Gasteiger partial charge on any atom is -0.477 e. The van der Waals surface area contributed by atoms with Crippen LogP contribution in [0.1, 0.15) is 6.42 Å². The molecular formula is C6H8F5NO2. The molecule has 2 N–H and O–H groups in total. The van der Waals surface area contributed by atoms with Crippen LogP contribution < -0.4 is 5.32 Å². The van der Waals surface area contributed by atoms with Gasteiger partial charge in [0.05, 0.1) is 13.0 Å². The van der Waals surface area contributed by atoms with E-state index < -0.39 is 37.6 Å². The van der Waals surface area contributed by atoms with Gasteiger partial charge in [-0.05, 0) is 0 Å². The molecule has 0 saturated carbocycles. The second-order valence-corrected chi connectivity index (χ2v) is 2.55. The molecule has 14 heavy (non-hydrogen) atoms. The quantitative estimate of drug-likeness (QED) is 0.542. The van der Waals surface area contributed by atoms with Gasteiger partial charge < -0.3 is 10.4 Å². The maximum atomic E-state index is 12.2. The summed E-state index contributed by atoms with van der Waals surface area (Å²) in [4.78, 5) is 9.80. The normalized spacial score (nSPS) is 12.9. The van der Waals surface area contributed by atoms with Gasteiger partial charge in [0.25, 0.3) is 0 Å². The first-order valence-corrected chi connectivity index (χ1v) is 3.54. The number of hydrogen-bond donors (Lipinski definition) is 2. The zero-order valence-electron chi connectivity index (χ0n) is 6.87. The van der Waals surface area contributed by atoms with E-state index in [1.54, 1.807) is 5.32 Å². The summed E-state index contributed by atoms with van der Waals surface area (Å²) in [5.41, 5.74) is 0. The number of alkyl halides is 5. The van der Waals surface area contributed by atoms with E-state index in [0.29, 0.717) is 0 Å². The summed E-state index contributed by atoms with van der Waals surface area (Å²) in [5, 5.41) is 9.60. The van der Waals surface area contributed by atoms with E-state index >= 15 is 0 Å². The van der Waals surface area contributed by atoms with Crippen LogP contribution in [0.4, 0.5) is 22.0 Å². The molecule has 0 fully saturated rings. The summed E-state index contributed by atoms with van der Waals surface area (Å²) in [7, 11) is 0. The molecule has 0 aromatic heterocycles. The number of nitrogens with one attached hydrogen (secondary N) is 1. The van der Waals surface area contributed by atoms with Gasteiger partial charge in [0.2, 0.25) is 0 Å². The van der Waals surface area contributed by atoms with Crippen LogP contribution in [0.15, 0.2) is 0 Å². The molecule has 3 nitrogen and oxygen atoms in total. The van der Waals surface area contributed by atoms with Gasteiger partial charge in [0, 0.05) is 6.54 Å². The molecule has 0 aliphatic carbocycles. The number of halogens is 5. The van der Waals surface area contributed by atoms with Crippen LogP contribution in [0.25, 0.3) is 0 Å². The highest BCUT2D eigenvalue weighted by Gasteiger charge is 2.38. The van der Waals surface area contributed by atoms with E-state index in [4.69, 9.17) is 5.11 Å². The Bertz CT molecular complexity index is 203. The average Bonchev–Trinajstić information content (AvgIpc) is 1.96. The highest BCUT2D eigenvalue weighted by Crippen LogP contribution is 2.18. The Morgan fingerprint density at radius 1 is 1.21 bits per heavy atom. The molecule has 8 heteroatoms. The molecule has 0 spiro atoms. The Labute approximate surface area is 75.9 Å². The number of rotatable bonds is 5.